The summed E-state index contributed by atoms with van der Waals surface area (Å²) in [6, 6.07) is 21.7. The molecular formula is C34H39NO4S. The smallest absolute Gasteiger partial charge is 0.195 e. The van der Waals surface area contributed by atoms with Gasteiger partial charge in [-0.05, 0) is 112 Å². The van der Waals surface area contributed by atoms with Gasteiger partial charge in [0.25, 0.3) is 0 Å². The molecule has 1 aliphatic rings. The van der Waals surface area contributed by atoms with Crippen LogP contribution in [-0.4, -0.2) is 50.1 Å². The van der Waals surface area contributed by atoms with Crippen molar-refractivity contribution >= 4 is 27.2 Å². The Kier molecular flexibility index (Phi) is 9.74. The van der Waals surface area contributed by atoms with Crippen molar-refractivity contribution in [3.63, 3.8) is 0 Å². The Morgan fingerprint density at radius 3 is 2.20 bits per heavy atom. The molecule has 0 aliphatic carbocycles. The van der Waals surface area contributed by atoms with Crippen molar-refractivity contribution < 1.29 is 19.0 Å². The molecule has 1 aromatic heterocycles. The van der Waals surface area contributed by atoms with E-state index in [9.17, 15) is 4.79 Å². The van der Waals surface area contributed by atoms with E-state index in [0.717, 1.165) is 69.1 Å². The molecule has 0 unspecified atom stereocenters. The number of hydrogen-bond acceptors (Lipinski definition) is 6. The molecule has 2 heterocycles. The van der Waals surface area contributed by atoms with Crippen molar-refractivity contribution in [2.45, 2.75) is 46.0 Å². The standard InChI is InChI=1S/C34H39NO4S/c1-3-5-8-22-38-29-17-18-30-31(24-29)40-34(32(30)33(36)25-9-13-27(14-10-25)37-4-2)26-11-15-28(16-12-26)39-23-21-35-19-6-7-20-35/h9-18,24H,3-8,19-23H2,1-2H3. The molecule has 0 spiro atoms. The van der Waals surface area contributed by atoms with Crippen LogP contribution in [-0.2, 0) is 0 Å². The number of likely N-dealkylation sites (tertiary alicyclic amines) is 1. The molecule has 0 saturated carbocycles. The predicted molar refractivity (Wildman–Crippen MR) is 164 cm³/mol. The average Bonchev–Trinajstić information content (AvgIpc) is 3.64. The molecule has 40 heavy (non-hydrogen) atoms. The number of carbonyl (C=O) groups is 1. The van der Waals surface area contributed by atoms with Gasteiger partial charge < -0.3 is 14.2 Å². The van der Waals surface area contributed by atoms with Crippen LogP contribution in [0.2, 0.25) is 0 Å². The van der Waals surface area contributed by atoms with E-state index < -0.39 is 0 Å². The van der Waals surface area contributed by atoms with E-state index in [4.69, 9.17) is 14.2 Å². The maximum atomic E-state index is 14.0. The summed E-state index contributed by atoms with van der Waals surface area (Å²) in [6.45, 7) is 9.42. The second-order valence-corrected chi connectivity index (χ2v) is 11.3. The van der Waals surface area contributed by atoms with E-state index in [1.807, 2.05) is 55.5 Å². The third-order valence-corrected chi connectivity index (χ3v) is 8.53. The lowest BCUT2D eigenvalue weighted by molar-refractivity contribution is 0.104. The van der Waals surface area contributed by atoms with Gasteiger partial charge in [-0.25, -0.2) is 0 Å². The van der Waals surface area contributed by atoms with E-state index in [-0.39, 0.29) is 5.78 Å². The van der Waals surface area contributed by atoms with Gasteiger partial charge in [-0.15, -0.1) is 11.3 Å². The molecule has 1 aliphatic heterocycles. The van der Waals surface area contributed by atoms with E-state index in [1.165, 1.54) is 25.9 Å². The normalized spacial score (nSPS) is 13.6. The Morgan fingerprint density at radius 2 is 1.48 bits per heavy atom. The molecule has 0 atom stereocenters. The number of thiophene rings is 1. The fraction of sp³-hybridized carbons (Fsp3) is 0.382. The van der Waals surface area contributed by atoms with Crippen LogP contribution in [0, 0.1) is 0 Å². The molecular weight excluding hydrogens is 518 g/mol. The highest BCUT2D eigenvalue weighted by atomic mass is 32.1. The summed E-state index contributed by atoms with van der Waals surface area (Å²) in [5.41, 5.74) is 2.38. The van der Waals surface area contributed by atoms with Crippen LogP contribution >= 0.6 is 11.3 Å². The summed E-state index contributed by atoms with van der Waals surface area (Å²) in [5, 5.41) is 0.950. The van der Waals surface area contributed by atoms with Gasteiger partial charge in [-0.3, -0.25) is 9.69 Å². The van der Waals surface area contributed by atoms with Crippen LogP contribution in [0.15, 0.2) is 66.7 Å². The number of ether oxygens (including phenoxy) is 3. The minimum Gasteiger partial charge on any atom is -0.494 e. The molecule has 0 bridgehead atoms. The zero-order valence-corrected chi connectivity index (χ0v) is 24.4. The molecule has 5 nitrogen and oxygen atoms in total. The molecule has 0 amide bonds. The van der Waals surface area contributed by atoms with Crippen molar-refractivity contribution in [1.82, 2.24) is 4.90 Å². The number of benzene rings is 3. The Labute approximate surface area is 241 Å². The van der Waals surface area contributed by atoms with Crippen LogP contribution < -0.4 is 14.2 Å². The van der Waals surface area contributed by atoms with Gasteiger partial charge in [0, 0.05) is 32.6 Å². The van der Waals surface area contributed by atoms with Crippen LogP contribution in [0.1, 0.15) is 61.9 Å². The largest absolute Gasteiger partial charge is 0.494 e. The zero-order valence-electron chi connectivity index (χ0n) is 23.6. The predicted octanol–water partition coefficient (Wildman–Crippen LogP) is 8.24. The second-order valence-electron chi connectivity index (χ2n) is 10.2. The van der Waals surface area contributed by atoms with Gasteiger partial charge in [-0.1, -0.05) is 19.8 Å². The quantitative estimate of drug-likeness (QED) is 0.115. The lowest BCUT2D eigenvalue weighted by Crippen LogP contribution is -2.25. The highest BCUT2D eigenvalue weighted by Gasteiger charge is 2.22. The number of hydrogen-bond donors (Lipinski definition) is 0. The summed E-state index contributed by atoms with van der Waals surface area (Å²) in [4.78, 5) is 17.4. The Morgan fingerprint density at radius 1 is 0.800 bits per heavy atom. The zero-order chi connectivity index (χ0) is 27.7. The molecule has 0 radical (unpaired) electrons. The van der Waals surface area contributed by atoms with Gasteiger partial charge >= 0.3 is 0 Å². The van der Waals surface area contributed by atoms with Crippen LogP contribution in [0.4, 0.5) is 0 Å². The number of fused-ring (bicyclic) bond motifs is 1. The van der Waals surface area contributed by atoms with Crippen molar-refractivity contribution in [2.24, 2.45) is 0 Å². The number of ketones is 1. The van der Waals surface area contributed by atoms with Crippen LogP contribution in [0.5, 0.6) is 17.2 Å². The third-order valence-electron chi connectivity index (χ3n) is 7.32. The molecule has 5 rings (SSSR count). The van der Waals surface area contributed by atoms with Crippen LogP contribution in [0.3, 0.4) is 0 Å². The number of nitrogens with zero attached hydrogens (tertiary/aromatic N) is 1. The van der Waals surface area contributed by atoms with Gasteiger partial charge in [0.15, 0.2) is 5.78 Å². The third kappa shape index (κ3) is 6.86. The minimum absolute atomic E-state index is 0.00634. The summed E-state index contributed by atoms with van der Waals surface area (Å²) in [7, 11) is 0. The number of unbranched alkanes of at least 4 members (excludes halogenated alkanes) is 2. The van der Waals surface area contributed by atoms with Gasteiger partial charge in [0.1, 0.15) is 23.9 Å². The fourth-order valence-electron chi connectivity index (χ4n) is 5.15. The summed E-state index contributed by atoms with van der Waals surface area (Å²) in [6.07, 6.45) is 5.93. The van der Waals surface area contributed by atoms with Gasteiger partial charge in [-0.2, -0.15) is 0 Å². The first kappa shape index (κ1) is 28.2. The molecule has 210 valence electrons. The van der Waals surface area contributed by atoms with Crippen molar-refractivity contribution in [2.75, 3.05) is 39.5 Å². The summed E-state index contributed by atoms with van der Waals surface area (Å²) in [5.74, 6) is 2.47. The minimum atomic E-state index is 0.00634. The Bertz CT molecular complexity index is 1390. The molecule has 1 fully saturated rings. The monoisotopic (exact) mass is 557 g/mol. The molecule has 0 N–H and O–H groups in total. The van der Waals surface area contributed by atoms with E-state index >= 15 is 0 Å². The first-order valence-electron chi connectivity index (χ1n) is 14.6. The first-order valence-corrected chi connectivity index (χ1v) is 15.4. The van der Waals surface area contributed by atoms with E-state index in [0.29, 0.717) is 25.4 Å². The Balaban J connectivity index is 1.42. The summed E-state index contributed by atoms with van der Waals surface area (Å²) < 4.78 is 18.7. The molecule has 1 saturated heterocycles. The molecule has 3 aromatic carbocycles. The average molecular weight is 558 g/mol. The van der Waals surface area contributed by atoms with Crippen LogP contribution in [0.25, 0.3) is 20.5 Å². The van der Waals surface area contributed by atoms with E-state index in [2.05, 4.69) is 30.0 Å². The molecule has 4 aromatic rings. The highest BCUT2D eigenvalue weighted by Crippen LogP contribution is 2.41. The second kappa shape index (κ2) is 13.8. The Hall–Kier alpha value is -3.35. The van der Waals surface area contributed by atoms with Crippen molar-refractivity contribution in [1.29, 1.82) is 0 Å². The SMILES string of the molecule is CCCCCOc1ccc2c(C(=O)c3ccc(OCC)cc3)c(-c3ccc(OCCN4CCCC4)cc3)sc2c1. The lowest BCUT2D eigenvalue weighted by atomic mass is 9.97. The maximum absolute atomic E-state index is 14.0. The first-order chi connectivity index (χ1) is 19.7. The van der Waals surface area contributed by atoms with Crippen molar-refractivity contribution in [3.8, 4) is 27.7 Å². The van der Waals surface area contributed by atoms with E-state index in [1.54, 1.807) is 11.3 Å². The maximum Gasteiger partial charge on any atom is 0.195 e. The summed E-state index contributed by atoms with van der Waals surface area (Å²) >= 11 is 1.64. The fourth-order valence-corrected chi connectivity index (χ4v) is 6.39. The van der Waals surface area contributed by atoms with Gasteiger partial charge in [0.05, 0.1) is 13.2 Å². The van der Waals surface area contributed by atoms with Gasteiger partial charge in [0.2, 0.25) is 0 Å². The topological polar surface area (TPSA) is 48.0 Å². The highest BCUT2D eigenvalue weighted by molar-refractivity contribution is 7.22. The van der Waals surface area contributed by atoms with Crippen molar-refractivity contribution in [3.05, 3.63) is 77.9 Å². The molecule has 6 heteroatoms. The number of rotatable bonds is 14. The number of carbonyl (C=O) groups excluding carboxylic acids is 1. The lowest BCUT2D eigenvalue weighted by Gasteiger charge is -2.15.